The Morgan fingerprint density at radius 3 is 2.95 bits per heavy atom. The lowest BCUT2D eigenvalue weighted by Crippen LogP contribution is -2.16. The van der Waals surface area contributed by atoms with Gasteiger partial charge in [0, 0.05) is 16.9 Å². The SMILES string of the molecule is CC(C)(C)C=Cc1cccc2c1OC(CN=[N+]=[N-])C2. The molecule has 1 unspecified atom stereocenters. The van der Waals surface area contributed by atoms with Crippen LogP contribution in [0.1, 0.15) is 31.9 Å². The molecule has 0 fully saturated rings. The van der Waals surface area contributed by atoms with E-state index in [1.165, 1.54) is 5.56 Å². The van der Waals surface area contributed by atoms with Gasteiger partial charge in [0.2, 0.25) is 0 Å². The van der Waals surface area contributed by atoms with Crippen LogP contribution < -0.4 is 4.74 Å². The Morgan fingerprint density at radius 2 is 2.26 bits per heavy atom. The second-order valence-corrected chi connectivity index (χ2v) is 5.89. The van der Waals surface area contributed by atoms with Gasteiger partial charge in [-0.3, -0.25) is 0 Å². The van der Waals surface area contributed by atoms with Crippen LogP contribution in [0.3, 0.4) is 0 Å². The third-order valence-corrected chi connectivity index (χ3v) is 2.97. The number of benzene rings is 1. The molecular formula is C15H19N3O. The zero-order valence-electron chi connectivity index (χ0n) is 11.6. The number of fused-ring (bicyclic) bond motifs is 1. The molecular weight excluding hydrogens is 238 g/mol. The standard InChI is InChI=1S/C15H19N3O/c1-15(2,3)8-7-11-5-4-6-12-9-13(10-17-18-16)19-14(11)12/h4-8,13H,9-10H2,1-3H3. The number of para-hydroxylation sites is 1. The predicted molar refractivity (Wildman–Crippen MR) is 77.1 cm³/mol. The smallest absolute Gasteiger partial charge is 0.130 e. The van der Waals surface area contributed by atoms with Crippen molar-refractivity contribution in [3.8, 4) is 5.75 Å². The fraction of sp³-hybridized carbons (Fsp3) is 0.467. The predicted octanol–water partition coefficient (Wildman–Crippen LogP) is 4.36. The Balaban J connectivity index is 2.20. The summed E-state index contributed by atoms with van der Waals surface area (Å²) in [5, 5.41) is 3.59. The monoisotopic (exact) mass is 257 g/mol. The van der Waals surface area contributed by atoms with Crippen molar-refractivity contribution in [2.75, 3.05) is 6.54 Å². The summed E-state index contributed by atoms with van der Waals surface area (Å²) >= 11 is 0. The molecule has 0 saturated carbocycles. The summed E-state index contributed by atoms with van der Waals surface area (Å²) in [5.74, 6) is 0.932. The second-order valence-electron chi connectivity index (χ2n) is 5.89. The van der Waals surface area contributed by atoms with Crippen molar-refractivity contribution < 1.29 is 4.74 Å². The van der Waals surface area contributed by atoms with Gasteiger partial charge in [0.05, 0.1) is 6.54 Å². The number of hydrogen-bond acceptors (Lipinski definition) is 2. The van der Waals surface area contributed by atoms with Gasteiger partial charge in [0.1, 0.15) is 11.9 Å². The van der Waals surface area contributed by atoms with E-state index in [2.05, 4.69) is 55.1 Å². The molecule has 1 aliphatic rings. The molecule has 1 aromatic carbocycles. The van der Waals surface area contributed by atoms with E-state index in [1.807, 2.05) is 6.07 Å². The molecule has 0 bridgehead atoms. The molecule has 4 nitrogen and oxygen atoms in total. The third-order valence-electron chi connectivity index (χ3n) is 2.97. The summed E-state index contributed by atoms with van der Waals surface area (Å²) in [4.78, 5) is 2.78. The van der Waals surface area contributed by atoms with Crippen LogP contribution in [0.2, 0.25) is 0 Å². The second kappa shape index (κ2) is 5.37. The quantitative estimate of drug-likeness (QED) is 0.451. The highest BCUT2D eigenvalue weighted by atomic mass is 16.5. The number of nitrogens with zero attached hydrogens (tertiary/aromatic N) is 3. The zero-order chi connectivity index (χ0) is 13.9. The minimum atomic E-state index is -0.0323. The molecule has 1 heterocycles. The summed E-state index contributed by atoms with van der Waals surface area (Å²) in [7, 11) is 0. The van der Waals surface area contributed by atoms with Crippen LogP contribution >= 0.6 is 0 Å². The largest absolute Gasteiger partial charge is 0.489 e. The lowest BCUT2D eigenvalue weighted by Gasteiger charge is -2.12. The Morgan fingerprint density at radius 1 is 1.47 bits per heavy atom. The highest BCUT2D eigenvalue weighted by Gasteiger charge is 2.23. The molecule has 4 heteroatoms. The Hall–Kier alpha value is -1.93. The average Bonchev–Trinajstić information content (AvgIpc) is 2.76. The number of allylic oxidation sites excluding steroid dienone is 1. The van der Waals surface area contributed by atoms with Crippen LogP contribution in [0.4, 0.5) is 0 Å². The van der Waals surface area contributed by atoms with Crippen molar-refractivity contribution in [2.24, 2.45) is 10.5 Å². The lowest BCUT2D eigenvalue weighted by molar-refractivity contribution is 0.241. The molecule has 1 atom stereocenters. The summed E-state index contributed by atoms with van der Waals surface area (Å²) in [5.41, 5.74) is 10.8. The first-order valence-corrected chi connectivity index (χ1v) is 6.48. The first kappa shape index (κ1) is 13.5. The summed E-state index contributed by atoms with van der Waals surface area (Å²) in [6, 6.07) is 6.16. The van der Waals surface area contributed by atoms with Crippen LogP contribution in [0, 0.1) is 5.41 Å². The van der Waals surface area contributed by atoms with Gasteiger partial charge in [-0.1, -0.05) is 56.2 Å². The van der Waals surface area contributed by atoms with E-state index in [9.17, 15) is 0 Å². The van der Waals surface area contributed by atoms with Gasteiger partial charge in [-0.05, 0) is 16.5 Å². The van der Waals surface area contributed by atoms with Gasteiger partial charge in [-0.25, -0.2) is 0 Å². The molecule has 0 spiro atoms. The Kier molecular flexibility index (Phi) is 3.82. The van der Waals surface area contributed by atoms with Crippen LogP contribution in [0.25, 0.3) is 16.5 Å². The van der Waals surface area contributed by atoms with Crippen LogP contribution in [0.15, 0.2) is 29.4 Å². The fourth-order valence-electron chi connectivity index (χ4n) is 2.06. The first-order valence-electron chi connectivity index (χ1n) is 6.48. The maximum Gasteiger partial charge on any atom is 0.130 e. The Bertz CT molecular complexity index is 537. The molecule has 0 aliphatic carbocycles. The van der Waals surface area contributed by atoms with E-state index < -0.39 is 0 Å². The summed E-state index contributed by atoms with van der Waals surface area (Å²) in [6.45, 7) is 6.88. The van der Waals surface area contributed by atoms with Gasteiger partial charge in [-0.15, -0.1) is 0 Å². The third kappa shape index (κ3) is 3.52. The van der Waals surface area contributed by atoms with Crippen molar-refractivity contribution >= 4 is 6.08 Å². The molecule has 0 amide bonds. The summed E-state index contributed by atoms with van der Waals surface area (Å²) in [6.07, 6.45) is 5.06. The maximum atomic E-state index is 8.36. The fourth-order valence-corrected chi connectivity index (χ4v) is 2.06. The van der Waals surface area contributed by atoms with Crippen LogP contribution in [-0.2, 0) is 6.42 Å². The average molecular weight is 257 g/mol. The number of ether oxygens (including phenoxy) is 1. The van der Waals surface area contributed by atoms with Gasteiger partial charge >= 0.3 is 0 Å². The van der Waals surface area contributed by atoms with Gasteiger partial charge in [0.25, 0.3) is 0 Å². The van der Waals surface area contributed by atoms with E-state index in [4.69, 9.17) is 10.3 Å². The molecule has 1 aromatic rings. The van der Waals surface area contributed by atoms with Crippen molar-refractivity contribution in [1.82, 2.24) is 0 Å². The van der Waals surface area contributed by atoms with E-state index >= 15 is 0 Å². The van der Waals surface area contributed by atoms with E-state index in [0.717, 1.165) is 17.7 Å². The van der Waals surface area contributed by atoms with E-state index in [-0.39, 0.29) is 11.5 Å². The van der Waals surface area contributed by atoms with Gasteiger partial charge in [0.15, 0.2) is 0 Å². The minimum absolute atomic E-state index is 0.0323. The number of hydrogen-bond donors (Lipinski definition) is 0. The van der Waals surface area contributed by atoms with Crippen molar-refractivity contribution in [2.45, 2.75) is 33.3 Å². The molecule has 0 saturated heterocycles. The topological polar surface area (TPSA) is 58.0 Å². The Labute approximate surface area is 113 Å². The number of rotatable bonds is 3. The van der Waals surface area contributed by atoms with Crippen LogP contribution in [-0.4, -0.2) is 12.6 Å². The zero-order valence-corrected chi connectivity index (χ0v) is 11.6. The number of azide groups is 1. The molecule has 0 aromatic heterocycles. The van der Waals surface area contributed by atoms with Crippen molar-refractivity contribution in [3.63, 3.8) is 0 Å². The minimum Gasteiger partial charge on any atom is -0.489 e. The maximum absolute atomic E-state index is 8.36. The van der Waals surface area contributed by atoms with Crippen LogP contribution in [0.5, 0.6) is 5.75 Å². The van der Waals surface area contributed by atoms with E-state index in [0.29, 0.717) is 6.54 Å². The molecule has 1 aliphatic heterocycles. The van der Waals surface area contributed by atoms with E-state index in [1.54, 1.807) is 0 Å². The highest BCUT2D eigenvalue weighted by Crippen LogP contribution is 2.34. The molecule has 100 valence electrons. The molecule has 0 N–H and O–H groups in total. The molecule has 2 rings (SSSR count). The van der Waals surface area contributed by atoms with Gasteiger partial charge < -0.3 is 4.74 Å². The van der Waals surface area contributed by atoms with Crippen molar-refractivity contribution in [3.05, 3.63) is 45.8 Å². The lowest BCUT2D eigenvalue weighted by atomic mass is 9.95. The van der Waals surface area contributed by atoms with Gasteiger partial charge in [-0.2, -0.15) is 0 Å². The molecule has 0 radical (unpaired) electrons. The van der Waals surface area contributed by atoms with Crippen molar-refractivity contribution in [1.29, 1.82) is 0 Å². The highest BCUT2D eigenvalue weighted by molar-refractivity contribution is 5.61. The summed E-state index contributed by atoms with van der Waals surface area (Å²) < 4.78 is 5.89. The molecule has 19 heavy (non-hydrogen) atoms. The normalized spacial score (nSPS) is 17.9. The first-order chi connectivity index (χ1) is 8.99.